The second-order valence-electron chi connectivity index (χ2n) is 3.38. The molecule has 0 amide bonds. The minimum absolute atomic E-state index is 0.589. The smallest absolute Gasteiger partial charge is 0.0882 e. The molecule has 0 aliphatic heterocycles. The van der Waals surface area contributed by atoms with Gasteiger partial charge in [-0.25, -0.2) is 0 Å². The van der Waals surface area contributed by atoms with Gasteiger partial charge in [-0.2, -0.15) is 5.10 Å². The van der Waals surface area contributed by atoms with Gasteiger partial charge in [-0.15, -0.1) is 0 Å². The fourth-order valence-corrected chi connectivity index (χ4v) is 1.59. The number of aromatic amines is 1. The van der Waals surface area contributed by atoms with Gasteiger partial charge in [0.05, 0.1) is 17.6 Å². The molecule has 0 saturated carbocycles. The van der Waals surface area contributed by atoms with Crippen molar-refractivity contribution >= 4 is 17.3 Å². The zero-order valence-electron chi connectivity index (χ0n) is 8.70. The molecule has 0 fully saturated rings. The number of nitrogens with zero attached hydrogens (tertiary/aromatic N) is 1. The Labute approximate surface area is 98.8 Å². The molecular weight excluding hydrogens is 224 g/mol. The minimum Gasteiger partial charge on any atom is -0.381 e. The van der Waals surface area contributed by atoms with Crippen LogP contribution in [0.4, 0.5) is 5.69 Å². The third kappa shape index (κ3) is 2.35. The first-order valence-corrected chi connectivity index (χ1v) is 5.42. The first kappa shape index (κ1) is 11.0. The second kappa shape index (κ2) is 5.01. The summed E-state index contributed by atoms with van der Waals surface area (Å²) in [4.78, 5) is 0. The van der Waals surface area contributed by atoms with Crippen molar-refractivity contribution in [2.45, 2.75) is 0 Å². The number of hydrogen-bond donors (Lipinski definition) is 3. The Bertz CT molecular complexity index is 449. The van der Waals surface area contributed by atoms with Gasteiger partial charge in [0.25, 0.3) is 0 Å². The van der Waals surface area contributed by atoms with Crippen molar-refractivity contribution < 1.29 is 0 Å². The number of halogens is 1. The average molecular weight is 237 g/mol. The number of rotatable bonds is 4. The summed E-state index contributed by atoms with van der Waals surface area (Å²) in [6.45, 7) is 1.31. The lowest BCUT2D eigenvalue weighted by molar-refractivity contribution is 1.03. The fraction of sp³-hybridized carbons (Fsp3) is 0.182. The summed E-state index contributed by atoms with van der Waals surface area (Å²) in [5, 5.41) is 10.9. The van der Waals surface area contributed by atoms with Crippen LogP contribution in [0.2, 0.25) is 5.02 Å². The van der Waals surface area contributed by atoms with Gasteiger partial charge in [-0.3, -0.25) is 5.10 Å². The van der Waals surface area contributed by atoms with E-state index in [1.54, 1.807) is 6.20 Å². The lowest BCUT2D eigenvalue weighted by Gasteiger charge is -2.05. The first-order valence-electron chi connectivity index (χ1n) is 5.04. The number of H-pyrrole nitrogens is 1. The molecule has 0 bridgehead atoms. The third-order valence-electron chi connectivity index (χ3n) is 2.23. The second-order valence-corrected chi connectivity index (χ2v) is 3.82. The minimum atomic E-state index is 0.589. The number of nitrogens with one attached hydrogen (secondary N) is 2. The van der Waals surface area contributed by atoms with Crippen molar-refractivity contribution in [1.29, 1.82) is 0 Å². The molecule has 1 aromatic carbocycles. The predicted molar refractivity (Wildman–Crippen MR) is 66.6 cm³/mol. The predicted octanol–water partition coefficient (Wildman–Crippen LogP) is 2.10. The molecule has 5 heteroatoms. The summed E-state index contributed by atoms with van der Waals surface area (Å²) in [7, 11) is 0. The summed E-state index contributed by atoms with van der Waals surface area (Å²) in [5.41, 5.74) is 8.39. The van der Waals surface area contributed by atoms with Crippen molar-refractivity contribution in [1.82, 2.24) is 10.2 Å². The molecule has 0 saturated heterocycles. The van der Waals surface area contributed by atoms with Crippen molar-refractivity contribution in [2.75, 3.05) is 18.4 Å². The Morgan fingerprint density at radius 3 is 2.75 bits per heavy atom. The van der Waals surface area contributed by atoms with Crippen LogP contribution in [0.25, 0.3) is 11.3 Å². The van der Waals surface area contributed by atoms with Crippen LogP contribution in [-0.4, -0.2) is 23.3 Å². The van der Waals surface area contributed by atoms with Crippen LogP contribution >= 0.6 is 11.6 Å². The van der Waals surface area contributed by atoms with Gasteiger partial charge in [0.1, 0.15) is 0 Å². The molecule has 0 unspecified atom stereocenters. The van der Waals surface area contributed by atoms with Crippen LogP contribution in [0.15, 0.2) is 30.5 Å². The highest BCUT2D eigenvalue weighted by Gasteiger charge is 2.06. The number of aromatic nitrogens is 2. The van der Waals surface area contributed by atoms with Crippen LogP contribution < -0.4 is 11.1 Å². The molecule has 0 spiro atoms. The molecule has 0 radical (unpaired) electrons. The Kier molecular flexibility index (Phi) is 3.44. The lowest BCUT2D eigenvalue weighted by Crippen LogP contribution is -2.13. The topological polar surface area (TPSA) is 66.7 Å². The third-order valence-corrected chi connectivity index (χ3v) is 2.48. The Hall–Kier alpha value is -1.52. The number of benzene rings is 1. The van der Waals surface area contributed by atoms with E-state index < -0.39 is 0 Å². The Morgan fingerprint density at radius 1 is 1.31 bits per heavy atom. The van der Waals surface area contributed by atoms with E-state index in [4.69, 9.17) is 17.3 Å². The maximum absolute atomic E-state index is 5.84. The van der Waals surface area contributed by atoms with Gasteiger partial charge in [-0.05, 0) is 12.1 Å². The van der Waals surface area contributed by atoms with Crippen LogP contribution in [0, 0.1) is 0 Å². The number of hydrogen-bond acceptors (Lipinski definition) is 3. The molecule has 0 atom stereocenters. The monoisotopic (exact) mass is 236 g/mol. The standard InChI is InChI=1S/C11H13ClN4/c12-9-3-1-8(2-4-9)11-10(7-15-16-11)14-6-5-13/h1-4,7,14H,5-6,13H2,(H,15,16). The van der Waals surface area contributed by atoms with Crippen LogP contribution in [0.5, 0.6) is 0 Å². The largest absolute Gasteiger partial charge is 0.381 e. The van der Waals surface area contributed by atoms with E-state index in [9.17, 15) is 0 Å². The lowest BCUT2D eigenvalue weighted by atomic mass is 10.1. The SMILES string of the molecule is NCCNc1cn[nH]c1-c1ccc(Cl)cc1. The Morgan fingerprint density at radius 2 is 2.06 bits per heavy atom. The first-order chi connectivity index (χ1) is 7.81. The van der Waals surface area contributed by atoms with Crippen LogP contribution in [0.1, 0.15) is 0 Å². The van der Waals surface area contributed by atoms with Crippen molar-refractivity contribution in [3.8, 4) is 11.3 Å². The maximum Gasteiger partial charge on any atom is 0.0882 e. The summed E-state index contributed by atoms with van der Waals surface area (Å²) in [5.74, 6) is 0. The van der Waals surface area contributed by atoms with E-state index in [-0.39, 0.29) is 0 Å². The molecule has 4 N–H and O–H groups in total. The molecular formula is C11H13ClN4. The highest BCUT2D eigenvalue weighted by molar-refractivity contribution is 6.30. The van der Waals surface area contributed by atoms with Crippen molar-refractivity contribution in [2.24, 2.45) is 5.73 Å². The van der Waals surface area contributed by atoms with E-state index in [0.29, 0.717) is 6.54 Å². The quantitative estimate of drug-likeness (QED) is 0.762. The molecule has 84 valence electrons. The van der Waals surface area contributed by atoms with E-state index in [1.807, 2.05) is 24.3 Å². The Balaban J connectivity index is 2.26. The van der Waals surface area contributed by atoms with Crippen LogP contribution in [-0.2, 0) is 0 Å². The summed E-state index contributed by atoms with van der Waals surface area (Å²) in [6.07, 6.45) is 1.75. The van der Waals surface area contributed by atoms with Crippen molar-refractivity contribution in [3.05, 3.63) is 35.5 Å². The van der Waals surface area contributed by atoms with Gasteiger partial charge in [0.2, 0.25) is 0 Å². The molecule has 0 aliphatic rings. The van der Waals surface area contributed by atoms with E-state index >= 15 is 0 Å². The molecule has 4 nitrogen and oxygen atoms in total. The van der Waals surface area contributed by atoms with Gasteiger partial charge >= 0.3 is 0 Å². The summed E-state index contributed by atoms with van der Waals surface area (Å²) >= 11 is 5.84. The van der Waals surface area contributed by atoms with Gasteiger partial charge in [0.15, 0.2) is 0 Å². The van der Waals surface area contributed by atoms with Crippen LogP contribution in [0.3, 0.4) is 0 Å². The maximum atomic E-state index is 5.84. The fourth-order valence-electron chi connectivity index (χ4n) is 1.46. The molecule has 16 heavy (non-hydrogen) atoms. The zero-order valence-corrected chi connectivity index (χ0v) is 9.46. The number of nitrogens with two attached hydrogens (primary N) is 1. The van der Waals surface area contributed by atoms with Gasteiger partial charge < -0.3 is 11.1 Å². The van der Waals surface area contributed by atoms with Gasteiger partial charge in [-0.1, -0.05) is 23.7 Å². The van der Waals surface area contributed by atoms with E-state index in [2.05, 4.69) is 15.5 Å². The normalized spacial score (nSPS) is 10.4. The highest BCUT2D eigenvalue weighted by atomic mass is 35.5. The molecule has 1 aromatic heterocycles. The molecule has 1 heterocycles. The van der Waals surface area contributed by atoms with Gasteiger partial charge in [0, 0.05) is 23.7 Å². The van der Waals surface area contributed by atoms with Crippen molar-refractivity contribution in [3.63, 3.8) is 0 Å². The summed E-state index contributed by atoms with van der Waals surface area (Å²) < 4.78 is 0. The summed E-state index contributed by atoms with van der Waals surface area (Å²) in [6, 6.07) is 7.60. The zero-order chi connectivity index (χ0) is 11.4. The van der Waals surface area contributed by atoms with E-state index in [0.717, 1.165) is 28.5 Å². The highest BCUT2D eigenvalue weighted by Crippen LogP contribution is 2.26. The molecule has 0 aliphatic carbocycles. The molecule has 2 rings (SSSR count). The molecule has 2 aromatic rings. The number of anilines is 1. The van der Waals surface area contributed by atoms with E-state index in [1.165, 1.54) is 0 Å². The average Bonchev–Trinajstić information content (AvgIpc) is 2.75.